The molecule has 0 saturated heterocycles. The maximum absolute atomic E-state index is 12.4. The van der Waals surface area contributed by atoms with Gasteiger partial charge in [0, 0.05) is 31.1 Å². The highest BCUT2D eigenvalue weighted by Gasteiger charge is 2.15. The van der Waals surface area contributed by atoms with Crippen LogP contribution in [0.5, 0.6) is 5.75 Å². The Morgan fingerprint density at radius 3 is 2.59 bits per heavy atom. The summed E-state index contributed by atoms with van der Waals surface area (Å²) in [6.45, 7) is 2.03. The molecular weight excluding hydrogens is 408 g/mol. The lowest BCUT2D eigenvalue weighted by atomic mass is 10.1. The Kier molecular flexibility index (Phi) is 7.96. The molecule has 0 spiro atoms. The lowest BCUT2D eigenvalue weighted by Gasteiger charge is -2.17. The maximum Gasteiger partial charge on any atom is 0.243 e. The smallest absolute Gasteiger partial charge is 0.243 e. The Morgan fingerprint density at radius 1 is 1.12 bits per heavy atom. The van der Waals surface area contributed by atoms with E-state index in [4.69, 9.17) is 9.26 Å². The highest BCUT2D eigenvalue weighted by Crippen LogP contribution is 2.20. The van der Waals surface area contributed by atoms with Crippen molar-refractivity contribution in [3.63, 3.8) is 0 Å². The predicted molar refractivity (Wildman–Crippen MR) is 121 cm³/mol. The highest BCUT2D eigenvalue weighted by molar-refractivity contribution is 5.95. The van der Waals surface area contributed by atoms with Gasteiger partial charge in [-0.1, -0.05) is 30.3 Å². The van der Waals surface area contributed by atoms with Crippen LogP contribution in [0.25, 0.3) is 11.4 Å². The lowest BCUT2D eigenvalue weighted by molar-refractivity contribution is -0.133. The Hall–Kier alpha value is -3.68. The van der Waals surface area contributed by atoms with Gasteiger partial charge in [-0.05, 0) is 48.7 Å². The first-order valence-electron chi connectivity index (χ1n) is 10.6. The van der Waals surface area contributed by atoms with Gasteiger partial charge >= 0.3 is 0 Å². The van der Waals surface area contributed by atoms with Crippen LogP contribution in [0.15, 0.2) is 53.1 Å². The summed E-state index contributed by atoms with van der Waals surface area (Å²) in [5.74, 6) is 1.39. The molecule has 1 aromatic heterocycles. The monoisotopic (exact) mass is 436 g/mol. The van der Waals surface area contributed by atoms with E-state index in [0.717, 1.165) is 29.0 Å². The minimum absolute atomic E-state index is 0.000935. The molecule has 8 heteroatoms. The number of ether oxygens (including phenoxy) is 1. The van der Waals surface area contributed by atoms with Crippen LogP contribution in [-0.4, -0.2) is 47.6 Å². The summed E-state index contributed by atoms with van der Waals surface area (Å²) in [5.41, 5.74) is 2.67. The number of methoxy groups -OCH3 is 1. The molecule has 0 bridgehead atoms. The van der Waals surface area contributed by atoms with Gasteiger partial charge in [-0.3, -0.25) is 9.59 Å². The van der Waals surface area contributed by atoms with Gasteiger partial charge in [0.1, 0.15) is 5.75 Å². The molecular formula is C24H28N4O4. The Bertz CT molecular complexity index is 1050. The molecule has 1 N–H and O–H groups in total. The van der Waals surface area contributed by atoms with Gasteiger partial charge in [0.2, 0.25) is 23.5 Å². The van der Waals surface area contributed by atoms with E-state index in [1.54, 1.807) is 14.2 Å². The van der Waals surface area contributed by atoms with Gasteiger partial charge in [-0.25, -0.2) is 0 Å². The summed E-state index contributed by atoms with van der Waals surface area (Å²) in [7, 11) is 3.24. The van der Waals surface area contributed by atoms with Crippen molar-refractivity contribution in [2.24, 2.45) is 0 Å². The molecule has 2 aromatic carbocycles. The third kappa shape index (κ3) is 6.16. The minimum atomic E-state index is -0.220. The van der Waals surface area contributed by atoms with E-state index in [-0.39, 0.29) is 24.8 Å². The van der Waals surface area contributed by atoms with Crippen molar-refractivity contribution in [2.75, 3.05) is 26.0 Å². The number of rotatable bonds is 10. The van der Waals surface area contributed by atoms with E-state index < -0.39 is 0 Å². The van der Waals surface area contributed by atoms with Gasteiger partial charge in [-0.15, -0.1) is 0 Å². The highest BCUT2D eigenvalue weighted by atomic mass is 16.5. The van der Waals surface area contributed by atoms with Crippen molar-refractivity contribution in [2.45, 2.75) is 32.6 Å². The van der Waals surface area contributed by atoms with E-state index in [1.807, 2.05) is 55.5 Å². The van der Waals surface area contributed by atoms with Crippen LogP contribution in [0.3, 0.4) is 0 Å². The number of nitrogens with zero attached hydrogens (tertiary/aromatic N) is 3. The quantitative estimate of drug-likeness (QED) is 0.520. The predicted octanol–water partition coefficient (Wildman–Crippen LogP) is 3.73. The first-order valence-corrected chi connectivity index (χ1v) is 10.6. The second kappa shape index (κ2) is 11.1. The molecule has 0 saturated carbocycles. The Balaban J connectivity index is 1.44. The van der Waals surface area contributed by atoms with E-state index in [2.05, 4.69) is 15.5 Å². The summed E-state index contributed by atoms with van der Waals surface area (Å²) >= 11 is 0. The van der Waals surface area contributed by atoms with Crippen molar-refractivity contribution in [1.82, 2.24) is 15.0 Å². The van der Waals surface area contributed by atoms with Crippen molar-refractivity contribution in [3.8, 4) is 17.1 Å². The fourth-order valence-electron chi connectivity index (χ4n) is 3.24. The van der Waals surface area contributed by atoms with Crippen LogP contribution >= 0.6 is 0 Å². The Labute approximate surface area is 187 Å². The average molecular weight is 437 g/mol. The number of para-hydroxylation sites is 1. The molecule has 168 valence electrons. The number of aromatic nitrogens is 2. The number of likely N-dealkylation sites (N-methyl/N-ethyl adjacent to an activating group) is 1. The zero-order chi connectivity index (χ0) is 22.9. The first kappa shape index (κ1) is 23.0. The molecule has 0 aliphatic rings. The molecule has 3 aromatic rings. The van der Waals surface area contributed by atoms with Crippen molar-refractivity contribution in [1.29, 1.82) is 0 Å². The summed E-state index contributed by atoms with van der Waals surface area (Å²) in [6, 6.07) is 15.0. The number of hydrogen-bond donors (Lipinski definition) is 1. The number of hydrogen-bond acceptors (Lipinski definition) is 6. The molecule has 0 aliphatic carbocycles. The molecule has 1 heterocycles. The first-order chi connectivity index (χ1) is 15.5. The number of carbonyl (C=O) groups excluding carboxylic acids is 2. The van der Waals surface area contributed by atoms with Crippen LogP contribution < -0.4 is 10.1 Å². The molecule has 0 fully saturated rings. The number of aryl methyl sites for hydroxylation is 2. The molecule has 0 atom stereocenters. The third-order valence-corrected chi connectivity index (χ3v) is 5.08. The van der Waals surface area contributed by atoms with Crippen LogP contribution in [0, 0.1) is 0 Å². The van der Waals surface area contributed by atoms with Crippen LogP contribution in [0.2, 0.25) is 0 Å². The van der Waals surface area contributed by atoms with Gasteiger partial charge < -0.3 is 19.5 Å². The SMILES string of the molecule is CCc1ccccc1NC(=O)CN(C)C(=O)CCCc1nc(-c2ccc(OC)cc2)no1. The van der Waals surface area contributed by atoms with Gasteiger partial charge in [0.15, 0.2) is 0 Å². The fourth-order valence-corrected chi connectivity index (χ4v) is 3.24. The molecule has 32 heavy (non-hydrogen) atoms. The number of amides is 2. The molecule has 0 radical (unpaired) electrons. The van der Waals surface area contributed by atoms with Crippen molar-refractivity contribution in [3.05, 3.63) is 60.0 Å². The summed E-state index contributed by atoms with van der Waals surface area (Å²) in [5, 5.41) is 6.87. The average Bonchev–Trinajstić information content (AvgIpc) is 3.28. The van der Waals surface area contributed by atoms with E-state index in [9.17, 15) is 9.59 Å². The van der Waals surface area contributed by atoms with Crippen LogP contribution in [0.1, 0.15) is 31.2 Å². The number of anilines is 1. The molecule has 8 nitrogen and oxygen atoms in total. The molecule has 0 unspecified atom stereocenters. The van der Waals surface area contributed by atoms with E-state index >= 15 is 0 Å². The number of carbonyl (C=O) groups is 2. The van der Waals surface area contributed by atoms with Gasteiger partial charge in [-0.2, -0.15) is 4.98 Å². The van der Waals surface area contributed by atoms with E-state index in [1.165, 1.54) is 4.90 Å². The van der Waals surface area contributed by atoms with Crippen LogP contribution in [0.4, 0.5) is 5.69 Å². The molecule has 0 aliphatic heterocycles. The fraction of sp³-hybridized carbons (Fsp3) is 0.333. The second-order valence-corrected chi connectivity index (χ2v) is 7.40. The normalized spacial score (nSPS) is 10.6. The zero-order valence-corrected chi connectivity index (χ0v) is 18.6. The molecule has 3 rings (SSSR count). The topological polar surface area (TPSA) is 97.6 Å². The number of nitrogens with one attached hydrogen (secondary N) is 1. The third-order valence-electron chi connectivity index (χ3n) is 5.08. The number of benzene rings is 2. The van der Waals surface area contributed by atoms with Crippen molar-refractivity contribution >= 4 is 17.5 Å². The van der Waals surface area contributed by atoms with E-state index in [0.29, 0.717) is 24.6 Å². The van der Waals surface area contributed by atoms with Gasteiger partial charge in [0.25, 0.3) is 0 Å². The lowest BCUT2D eigenvalue weighted by Crippen LogP contribution is -2.35. The Morgan fingerprint density at radius 2 is 1.88 bits per heavy atom. The maximum atomic E-state index is 12.4. The summed E-state index contributed by atoms with van der Waals surface area (Å²) in [6.07, 6.45) is 2.14. The second-order valence-electron chi connectivity index (χ2n) is 7.40. The minimum Gasteiger partial charge on any atom is -0.497 e. The largest absolute Gasteiger partial charge is 0.497 e. The molecule has 2 amide bonds. The summed E-state index contributed by atoms with van der Waals surface area (Å²) in [4.78, 5) is 30.5. The van der Waals surface area contributed by atoms with Crippen LogP contribution in [-0.2, 0) is 22.4 Å². The standard InChI is InChI=1S/C24H28N4O4/c1-4-17-8-5-6-9-20(17)25-21(29)16-28(2)23(30)11-7-10-22-26-24(27-32-22)18-12-14-19(31-3)15-13-18/h5-6,8-9,12-15H,4,7,10-11,16H2,1-3H3,(H,25,29). The summed E-state index contributed by atoms with van der Waals surface area (Å²) < 4.78 is 10.4. The van der Waals surface area contributed by atoms with Crippen molar-refractivity contribution < 1.29 is 18.8 Å². The van der Waals surface area contributed by atoms with Gasteiger partial charge in [0.05, 0.1) is 13.7 Å². The zero-order valence-electron chi connectivity index (χ0n) is 18.6.